The van der Waals surface area contributed by atoms with Gasteiger partial charge in [-0.25, -0.2) is 0 Å². The fraction of sp³-hybridized carbons (Fsp3) is 0.855. The molecule has 6 heteroatoms. The largest absolute Gasteiger partial charge is 0.458 e. The second-order valence-electron chi connectivity index (χ2n) is 18.3. The highest BCUT2D eigenvalue weighted by Gasteiger charge is 2.23. The molecule has 0 aliphatic heterocycles. The lowest BCUT2D eigenvalue weighted by molar-refractivity contribution is -0.148. The van der Waals surface area contributed by atoms with Crippen molar-refractivity contribution in [3.05, 3.63) is 36.5 Å². The second kappa shape index (κ2) is 49.1. The molecule has 0 saturated carbocycles. The van der Waals surface area contributed by atoms with E-state index in [9.17, 15) is 19.8 Å². The van der Waals surface area contributed by atoms with Crippen molar-refractivity contribution in [1.29, 1.82) is 0 Å². The van der Waals surface area contributed by atoms with Gasteiger partial charge in [-0.3, -0.25) is 9.59 Å². The third-order valence-corrected chi connectivity index (χ3v) is 12.2. The number of unbranched alkanes of at least 4 members (excludes halogenated alkanes) is 32. The van der Waals surface area contributed by atoms with E-state index >= 15 is 0 Å². The van der Waals surface area contributed by atoms with E-state index in [1.54, 1.807) is 0 Å². The number of rotatable bonds is 48. The van der Waals surface area contributed by atoms with Crippen molar-refractivity contribution >= 4 is 11.9 Å². The van der Waals surface area contributed by atoms with Crippen LogP contribution in [0.2, 0.25) is 0 Å². The summed E-state index contributed by atoms with van der Waals surface area (Å²) < 4.78 is 5.83. The molecule has 3 unspecified atom stereocenters. The number of esters is 1. The number of allylic oxidation sites excluding steroid dienone is 5. The highest BCUT2D eigenvalue weighted by atomic mass is 16.5. The van der Waals surface area contributed by atoms with Gasteiger partial charge in [0.15, 0.2) is 0 Å². The monoisotopic (exact) mass is 858 g/mol. The Balaban J connectivity index is 4.53. The third kappa shape index (κ3) is 44.5. The Bertz CT molecular complexity index is 1010. The highest BCUT2D eigenvalue weighted by Crippen LogP contribution is 2.16. The number of aliphatic hydroxyl groups excluding tert-OH is 2. The van der Waals surface area contributed by atoms with Crippen molar-refractivity contribution in [2.24, 2.45) is 0 Å². The lowest BCUT2D eigenvalue weighted by Gasteiger charge is -2.23. The summed E-state index contributed by atoms with van der Waals surface area (Å²) in [4.78, 5) is 26.1. The molecule has 0 aromatic rings. The molecule has 6 nitrogen and oxygen atoms in total. The summed E-state index contributed by atoms with van der Waals surface area (Å²) in [7, 11) is 0. The van der Waals surface area contributed by atoms with Gasteiger partial charge in [0, 0.05) is 6.42 Å². The van der Waals surface area contributed by atoms with E-state index in [-0.39, 0.29) is 24.9 Å². The molecule has 0 spiro atoms. The molecule has 0 aliphatic carbocycles. The molecule has 1 amide bonds. The average Bonchev–Trinajstić information content (AvgIpc) is 3.25. The number of carbonyl (C=O) groups excluding carboxylic acids is 2. The molecule has 0 aliphatic rings. The summed E-state index contributed by atoms with van der Waals surface area (Å²) in [6.45, 7) is 6.45. The minimum absolute atomic E-state index is 0.0268. The van der Waals surface area contributed by atoms with E-state index in [4.69, 9.17) is 4.74 Å². The van der Waals surface area contributed by atoms with Gasteiger partial charge in [-0.2, -0.15) is 0 Å². The molecule has 0 aromatic carbocycles. The zero-order chi connectivity index (χ0) is 44.5. The third-order valence-electron chi connectivity index (χ3n) is 12.2. The van der Waals surface area contributed by atoms with Crippen LogP contribution < -0.4 is 5.32 Å². The normalized spacial score (nSPS) is 13.5. The van der Waals surface area contributed by atoms with Gasteiger partial charge in [-0.05, 0) is 63.9 Å². The smallest absolute Gasteiger partial charge is 0.306 e. The zero-order valence-electron chi connectivity index (χ0n) is 40.8. The number of amides is 1. The molecule has 0 saturated heterocycles. The van der Waals surface area contributed by atoms with Crippen molar-refractivity contribution < 1.29 is 24.5 Å². The van der Waals surface area contributed by atoms with E-state index in [0.717, 1.165) is 51.4 Å². The van der Waals surface area contributed by atoms with Gasteiger partial charge in [0.2, 0.25) is 5.91 Å². The van der Waals surface area contributed by atoms with Gasteiger partial charge in [0.25, 0.3) is 0 Å². The van der Waals surface area contributed by atoms with Crippen molar-refractivity contribution in [3.8, 4) is 0 Å². The van der Waals surface area contributed by atoms with Crippen molar-refractivity contribution in [1.82, 2.24) is 5.32 Å². The molecule has 358 valence electrons. The fourth-order valence-corrected chi connectivity index (χ4v) is 8.10. The Kier molecular flexibility index (Phi) is 47.6. The van der Waals surface area contributed by atoms with Gasteiger partial charge in [-0.1, -0.05) is 237 Å². The van der Waals surface area contributed by atoms with Gasteiger partial charge >= 0.3 is 5.97 Å². The maximum Gasteiger partial charge on any atom is 0.306 e. The predicted molar refractivity (Wildman–Crippen MR) is 264 cm³/mol. The molecule has 61 heavy (non-hydrogen) atoms. The van der Waals surface area contributed by atoms with Gasteiger partial charge < -0.3 is 20.3 Å². The zero-order valence-corrected chi connectivity index (χ0v) is 40.8. The van der Waals surface area contributed by atoms with Gasteiger partial charge in [0.05, 0.1) is 25.2 Å². The summed E-state index contributed by atoms with van der Waals surface area (Å²) in [5, 5.41) is 23.7. The molecule has 0 radical (unpaired) electrons. The summed E-state index contributed by atoms with van der Waals surface area (Å²) >= 11 is 0. The van der Waals surface area contributed by atoms with E-state index in [0.29, 0.717) is 12.8 Å². The van der Waals surface area contributed by atoms with Crippen LogP contribution in [0.15, 0.2) is 36.5 Å². The van der Waals surface area contributed by atoms with Crippen LogP contribution in [0.4, 0.5) is 0 Å². The molecule has 0 aromatic heterocycles. The van der Waals surface area contributed by atoms with Crippen LogP contribution in [0.3, 0.4) is 0 Å². The summed E-state index contributed by atoms with van der Waals surface area (Å²) in [6.07, 6.45) is 58.1. The topological polar surface area (TPSA) is 95.9 Å². The fourth-order valence-electron chi connectivity index (χ4n) is 8.10. The SMILES string of the molecule is CCCCCCCC/C=C\C/C=C/C(CC(=O)NC(CO)C(O)CCCCCCCCCCCCCC)OC(=O)CCCCCCCCCCC/C=C/CCCCCCCC. The Labute approximate surface area is 379 Å². The Morgan fingerprint density at radius 1 is 0.492 bits per heavy atom. The predicted octanol–water partition coefficient (Wildman–Crippen LogP) is 16.1. The second-order valence-corrected chi connectivity index (χ2v) is 18.3. The number of hydrogen-bond acceptors (Lipinski definition) is 5. The van der Waals surface area contributed by atoms with Crippen molar-refractivity contribution in [2.45, 2.75) is 296 Å². The number of carbonyl (C=O) groups is 2. The van der Waals surface area contributed by atoms with E-state index in [2.05, 4.69) is 50.4 Å². The first kappa shape index (κ1) is 59.1. The van der Waals surface area contributed by atoms with Gasteiger partial charge in [-0.15, -0.1) is 0 Å². The minimum Gasteiger partial charge on any atom is -0.458 e. The Hall–Kier alpha value is -1.92. The van der Waals surface area contributed by atoms with Crippen molar-refractivity contribution in [3.63, 3.8) is 0 Å². The Morgan fingerprint density at radius 2 is 0.869 bits per heavy atom. The highest BCUT2D eigenvalue weighted by molar-refractivity contribution is 5.78. The number of aliphatic hydroxyl groups is 2. The maximum absolute atomic E-state index is 13.2. The molecule has 0 fully saturated rings. The number of hydrogen-bond donors (Lipinski definition) is 3. The summed E-state index contributed by atoms with van der Waals surface area (Å²) in [5.41, 5.74) is 0. The van der Waals surface area contributed by atoms with Crippen LogP contribution in [-0.2, 0) is 14.3 Å². The summed E-state index contributed by atoms with van der Waals surface area (Å²) in [5.74, 6) is -0.596. The first-order valence-electron chi connectivity index (χ1n) is 26.7. The van der Waals surface area contributed by atoms with Crippen LogP contribution in [0.25, 0.3) is 0 Å². The molecule has 3 atom stereocenters. The van der Waals surface area contributed by atoms with E-state index in [1.165, 1.54) is 186 Å². The van der Waals surface area contributed by atoms with Crippen molar-refractivity contribution in [2.75, 3.05) is 6.61 Å². The van der Waals surface area contributed by atoms with Crippen LogP contribution in [-0.4, -0.2) is 46.9 Å². The molecule has 0 bridgehead atoms. The van der Waals surface area contributed by atoms with Gasteiger partial charge in [0.1, 0.15) is 6.10 Å². The average molecular weight is 858 g/mol. The van der Waals surface area contributed by atoms with E-state index in [1.807, 2.05) is 12.2 Å². The summed E-state index contributed by atoms with van der Waals surface area (Å²) in [6, 6.07) is -0.730. The standard InChI is InChI=1S/C55H103NO5/c1-4-7-10-13-16-19-22-24-25-26-27-28-29-30-33-36-39-42-45-48-55(60)61-51(46-43-40-37-34-31-21-18-15-12-9-6-3)49-54(59)56-52(50-57)53(58)47-44-41-38-35-32-23-20-17-14-11-8-5-2/h24-25,34,37,43,46,51-53,57-58H,4-23,26-33,35-36,38-42,44-45,47-50H2,1-3H3,(H,56,59)/b25-24+,37-34-,46-43+. The molecular formula is C55H103NO5. The first-order valence-corrected chi connectivity index (χ1v) is 26.7. The van der Waals surface area contributed by atoms with E-state index < -0.39 is 18.2 Å². The lowest BCUT2D eigenvalue weighted by Crippen LogP contribution is -2.46. The lowest BCUT2D eigenvalue weighted by atomic mass is 10.0. The minimum atomic E-state index is -0.808. The Morgan fingerprint density at radius 3 is 1.30 bits per heavy atom. The maximum atomic E-state index is 13.2. The molecule has 0 rings (SSSR count). The number of nitrogens with one attached hydrogen (secondary N) is 1. The van der Waals surface area contributed by atoms with Crippen LogP contribution in [0, 0.1) is 0 Å². The molecule has 0 heterocycles. The molecule has 3 N–H and O–H groups in total. The van der Waals surface area contributed by atoms with Crippen LogP contribution >= 0.6 is 0 Å². The first-order chi connectivity index (χ1) is 30.0. The van der Waals surface area contributed by atoms with Crippen LogP contribution in [0.1, 0.15) is 278 Å². The quantitative estimate of drug-likeness (QED) is 0.0322. The van der Waals surface area contributed by atoms with Crippen LogP contribution in [0.5, 0.6) is 0 Å². The number of ether oxygens (including phenoxy) is 1. The molecular weight excluding hydrogens is 755 g/mol.